The van der Waals surface area contributed by atoms with E-state index in [0.717, 1.165) is 5.82 Å². The van der Waals surface area contributed by atoms with Crippen molar-refractivity contribution in [3.05, 3.63) is 11.5 Å². The molecule has 5 heteroatoms. The Morgan fingerprint density at radius 1 is 1.71 bits per heavy atom. The Morgan fingerprint density at radius 2 is 2.43 bits per heavy atom. The molecule has 0 bridgehead atoms. The van der Waals surface area contributed by atoms with Crippen LogP contribution in [0, 0.1) is 18.3 Å². The molecule has 0 radical (unpaired) electrons. The number of aryl methyl sites for hydroxylation is 1. The molecule has 0 fully saturated rings. The zero-order valence-electron chi connectivity index (χ0n) is 8.48. The van der Waals surface area contributed by atoms with Gasteiger partial charge in [0.05, 0.1) is 6.61 Å². The monoisotopic (exact) mass is 192 g/mol. The molecule has 1 aromatic rings. The summed E-state index contributed by atoms with van der Waals surface area (Å²) in [5, 5.41) is 8.84. The highest BCUT2D eigenvalue weighted by atomic mass is 16.5. The lowest BCUT2D eigenvalue weighted by molar-refractivity contribution is 0.344. The topological polar surface area (TPSA) is 63.2 Å². The van der Waals surface area contributed by atoms with Gasteiger partial charge in [-0.2, -0.15) is 10.3 Å². The van der Waals surface area contributed by atoms with Gasteiger partial charge in [-0.3, -0.25) is 0 Å². The first kappa shape index (κ1) is 10.3. The average Bonchev–Trinajstić information content (AvgIpc) is 2.43. The second-order valence-corrected chi connectivity index (χ2v) is 2.69. The summed E-state index contributed by atoms with van der Waals surface area (Å²) in [4.78, 5) is 8.06. The summed E-state index contributed by atoms with van der Waals surface area (Å²) < 4.78 is 6.63. The molecule has 0 aliphatic heterocycles. The molecular formula is C9H12N4O. The van der Waals surface area contributed by atoms with Gasteiger partial charge in [-0.15, -0.1) is 0 Å². The van der Waals surface area contributed by atoms with E-state index < -0.39 is 0 Å². The van der Waals surface area contributed by atoms with Crippen molar-refractivity contribution >= 4 is 12.2 Å². The number of hydrogen-bond donors (Lipinski definition) is 0. The fourth-order valence-electron chi connectivity index (χ4n) is 0.970. The Hall–Kier alpha value is -1.83. The molecule has 5 nitrogen and oxygen atoms in total. The minimum absolute atomic E-state index is 0.404. The standard InChI is InChI=1S/C9H12N4O/c1-4-14-6-11-9-8(5-10)13(3)7(2)12-9/h6H,4H2,1-3H3/b11-6+. The molecule has 0 unspecified atom stereocenters. The molecule has 0 amide bonds. The predicted molar refractivity (Wildman–Crippen MR) is 52.4 cm³/mol. The SMILES string of the molecule is CCO/C=N/c1nc(C)n(C)c1C#N. The molecule has 0 aliphatic rings. The third kappa shape index (κ3) is 1.91. The zero-order chi connectivity index (χ0) is 10.6. The first-order chi connectivity index (χ1) is 6.70. The fraction of sp³-hybridized carbons (Fsp3) is 0.444. The smallest absolute Gasteiger partial charge is 0.191 e. The number of rotatable bonds is 3. The van der Waals surface area contributed by atoms with E-state index in [2.05, 4.69) is 9.98 Å². The summed E-state index contributed by atoms with van der Waals surface area (Å²) in [5.74, 6) is 1.16. The molecule has 0 saturated heterocycles. The maximum Gasteiger partial charge on any atom is 0.191 e. The van der Waals surface area contributed by atoms with Crippen LogP contribution in [-0.2, 0) is 11.8 Å². The number of aliphatic imine (C=N–C) groups is 1. The molecule has 0 aliphatic carbocycles. The van der Waals surface area contributed by atoms with Crippen LogP contribution in [0.5, 0.6) is 0 Å². The number of hydrogen-bond acceptors (Lipinski definition) is 4. The van der Waals surface area contributed by atoms with Gasteiger partial charge < -0.3 is 9.30 Å². The Balaban J connectivity index is 2.98. The minimum Gasteiger partial charge on any atom is -0.483 e. The zero-order valence-corrected chi connectivity index (χ0v) is 8.48. The maximum absolute atomic E-state index is 8.84. The summed E-state index contributed by atoms with van der Waals surface area (Å²) in [6.45, 7) is 4.23. The highest BCUT2D eigenvalue weighted by molar-refractivity contribution is 5.57. The lowest BCUT2D eigenvalue weighted by Gasteiger charge is -1.93. The molecule has 0 aromatic carbocycles. The number of nitrogens with zero attached hydrogens (tertiary/aromatic N) is 4. The van der Waals surface area contributed by atoms with Crippen molar-refractivity contribution in [2.24, 2.45) is 12.0 Å². The van der Waals surface area contributed by atoms with Crippen LogP contribution in [0.15, 0.2) is 4.99 Å². The van der Waals surface area contributed by atoms with Crippen LogP contribution in [-0.4, -0.2) is 22.6 Å². The summed E-state index contributed by atoms with van der Waals surface area (Å²) in [7, 11) is 1.78. The molecule has 0 saturated carbocycles. The highest BCUT2D eigenvalue weighted by Gasteiger charge is 2.09. The van der Waals surface area contributed by atoms with Crippen LogP contribution >= 0.6 is 0 Å². The molecule has 14 heavy (non-hydrogen) atoms. The Bertz CT molecular complexity index is 386. The van der Waals surface area contributed by atoms with Gasteiger partial charge in [0.1, 0.15) is 11.9 Å². The molecule has 1 aromatic heterocycles. The molecule has 1 heterocycles. The van der Waals surface area contributed by atoms with Crippen molar-refractivity contribution in [2.45, 2.75) is 13.8 Å². The molecule has 1 rings (SSSR count). The summed E-state index contributed by atoms with van der Waals surface area (Å²) in [5.41, 5.74) is 0.443. The van der Waals surface area contributed by atoms with Crippen molar-refractivity contribution in [2.75, 3.05) is 6.61 Å². The van der Waals surface area contributed by atoms with Gasteiger partial charge in [-0.25, -0.2) is 4.98 Å². The number of nitriles is 1. The first-order valence-electron chi connectivity index (χ1n) is 4.28. The van der Waals surface area contributed by atoms with E-state index in [1.807, 2.05) is 19.9 Å². The fourth-order valence-corrected chi connectivity index (χ4v) is 0.970. The largest absolute Gasteiger partial charge is 0.483 e. The quantitative estimate of drug-likeness (QED) is 0.535. The van der Waals surface area contributed by atoms with Gasteiger partial charge in [-0.1, -0.05) is 0 Å². The van der Waals surface area contributed by atoms with E-state index in [1.54, 1.807) is 11.6 Å². The van der Waals surface area contributed by atoms with E-state index in [-0.39, 0.29) is 0 Å². The van der Waals surface area contributed by atoms with Crippen molar-refractivity contribution in [3.63, 3.8) is 0 Å². The molecule has 74 valence electrons. The van der Waals surface area contributed by atoms with Crippen LogP contribution in [0.3, 0.4) is 0 Å². The van der Waals surface area contributed by atoms with Crippen LogP contribution in [0.2, 0.25) is 0 Å². The molecule has 0 N–H and O–H groups in total. The summed E-state index contributed by atoms with van der Waals surface area (Å²) in [6, 6.07) is 2.04. The summed E-state index contributed by atoms with van der Waals surface area (Å²) in [6.07, 6.45) is 1.31. The van der Waals surface area contributed by atoms with Crippen LogP contribution in [0.4, 0.5) is 5.82 Å². The van der Waals surface area contributed by atoms with E-state index >= 15 is 0 Å². The first-order valence-corrected chi connectivity index (χ1v) is 4.28. The van der Waals surface area contributed by atoms with Crippen molar-refractivity contribution < 1.29 is 4.74 Å². The Kier molecular flexibility index (Phi) is 3.24. The molecule has 0 atom stereocenters. The van der Waals surface area contributed by atoms with Crippen molar-refractivity contribution in [1.82, 2.24) is 9.55 Å². The lowest BCUT2D eigenvalue weighted by atomic mass is 10.5. The maximum atomic E-state index is 8.84. The van der Waals surface area contributed by atoms with Crippen LogP contribution in [0.25, 0.3) is 0 Å². The second-order valence-electron chi connectivity index (χ2n) is 2.69. The van der Waals surface area contributed by atoms with Crippen LogP contribution in [0.1, 0.15) is 18.4 Å². The number of aromatic nitrogens is 2. The number of ether oxygens (including phenoxy) is 1. The molecule has 0 spiro atoms. The second kappa shape index (κ2) is 4.42. The van der Waals surface area contributed by atoms with E-state index in [1.165, 1.54) is 6.40 Å². The van der Waals surface area contributed by atoms with Gasteiger partial charge in [0.2, 0.25) is 0 Å². The minimum atomic E-state index is 0.404. The van der Waals surface area contributed by atoms with Gasteiger partial charge in [0.15, 0.2) is 17.9 Å². The van der Waals surface area contributed by atoms with Crippen LogP contribution < -0.4 is 0 Å². The van der Waals surface area contributed by atoms with E-state index in [9.17, 15) is 0 Å². The van der Waals surface area contributed by atoms with E-state index in [4.69, 9.17) is 10.00 Å². The third-order valence-electron chi connectivity index (χ3n) is 1.82. The van der Waals surface area contributed by atoms with Gasteiger partial charge >= 0.3 is 0 Å². The predicted octanol–water partition coefficient (Wildman–Crippen LogP) is 1.30. The Morgan fingerprint density at radius 3 is 3.00 bits per heavy atom. The normalized spacial score (nSPS) is 10.4. The van der Waals surface area contributed by atoms with Gasteiger partial charge in [-0.05, 0) is 13.8 Å². The van der Waals surface area contributed by atoms with E-state index in [0.29, 0.717) is 18.1 Å². The lowest BCUT2D eigenvalue weighted by Crippen LogP contribution is -1.93. The summed E-state index contributed by atoms with van der Waals surface area (Å²) >= 11 is 0. The third-order valence-corrected chi connectivity index (χ3v) is 1.82. The Labute approximate surface area is 82.7 Å². The van der Waals surface area contributed by atoms with Crippen molar-refractivity contribution in [1.29, 1.82) is 5.26 Å². The molecular weight excluding hydrogens is 180 g/mol. The highest BCUT2D eigenvalue weighted by Crippen LogP contribution is 2.16. The average molecular weight is 192 g/mol. The van der Waals surface area contributed by atoms with Gasteiger partial charge in [0, 0.05) is 7.05 Å². The number of imidazole rings is 1. The van der Waals surface area contributed by atoms with Crippen molar-refractivity contribution in [3.8, 4) is 6.07 Å². The van der Waals surface area contributed by atoms with Gasteiger partial charge in [0.25, 0.3) is 0 Å².